The number of aliphatic carboxylic acids is 3. The molecular weight excluding hydrogens is 1580 g/mol. The Bertz CT molecular complexity index is 3960. The minimum atomic E-state index is -6.60. The highest BCUT2D eigenvalue weighted by Gasteiger charge is 2.60. The van der Waals surface area contributed by atoms with Crippen LogP contribution in [0.15, 0.2) is 11.8 Å². The standard InChI is InChI=1S/C36H55N3O53S8/c40-5-1-6(28(46)47)79-34(18(5)90-98(67,68)69)83-20-8(3-77-96(61,62)63)81-32(11(14(20)42)38-94(55,56)57)86-23-17(45)25(92-100(73,74)75)36(89-27(23)30(50)51)85-21-9(4-78-97(64,65)66)82-33(12(15(21)43)39-95(58,59)60)87-22-16(44)24(91-99(70,71)72)35(88-26(22)29(48)49)84-19-7-2-76-31(80-7)10(13(19)41)37-93(52,53)54/h1,5,7-27,31-45H,2-4H2,(H,46,47)(H,48,49)(H,50,51)(H,52,53,54)(H,55,56,57)(H,58,59,60)(H,61,62,63)(H,64,65,66)(H,67,68,69)(H,70,71,72)(H,73,74,75)/p-11. The van der Waals surface area contributed by atoms with E-state index in [-0.39, 0.29) is 6.08 Å². The molecule has 7 aliphatic rings. The summed E-state index contributed by atoms with van der Waals surface area (Å²) in [5.74, 6) is -9.52. The van der Waals surface area contributed by atoms with E-state index in [0.717, 1.165) is 9.44 Å². The molecule has 580 valence electrons. The van der Waals surface area contributed by atoms with Crippen LogP contribution in [0.2, 0.25) is 0 Å². The summed E-state index contributed by atoms with van der Waals surface area (Å²) in [4.78, 5) is 37.4. The van der Waals surface area contributed by atoms with Gasteiger partial charge in [0.25, 0.3) is 0 Å². The van der Waals surface area contributed by atoms with Gasteiger partial charge in [0.2, 0.25) is 58.3 Å². The van der Waals surface area contributed by atoms with Gasteiger partial charge in [-0.05, 0) is 6.08 Å². The fourth-order valence-corrected chi connectivity index (χ4v) is 14.1. The molecule has 0 aromatic heterocycles. The normalized spacial score (nSPS) is 39.6. The molecule has 7 rings (SSSR count). The largest absolute Gasteiger partial charge is 0.735 e. The summed E-state index contributed by atoms with van der Waals surface area (Å²) in [7, 11) is -49.4. The second-order valence-corrected chi connectivity index (χ2v) is 29.4. The van der Waals surface area contributed by atoms with Crippen molar-refractivity contribution in [1.29, 1.82) is 0 Å². The van der Waals surface area contributed by atoms with Crippen LogP contribution < -0.4 is 29.5 Å². The van der Waals surface area contributed by atoms with Crippen LogP contribution in [0.1, 0.15) is 0 Å². The van der Waals surface area contributed by atoms with Crippen molar-refractivity contribution >= 4 is 101 Å². The zero-order valence-corrected chi connectivity index (χ0v) is 54.0. The summed E-state index contributed by atoms with van der Waals surface area (Å²) < 4.78 is 374. The second-order valence-electron chi connectivity index (χ2n) is 20.8. The molecule has 0 aromatic carbocycles. The number of ether oxygens (including phenoxy) is 12. The Labute approximate surface area is 557 Å². The van der Waals surface area contributed by atoms with E-state index < -0.39 is 298 Å². The molecule has 0 saturated carbocycles. The van der Waals surface area contributed by atoms with Crippen molar-refractivity contribution in [1.82, 2.24) is 14.2 Å². The number of nitrogens with one attached hydrogen (secondary N) is 3. The Morgan fingerprint density at radius 3 is 1.13 bits per heavy atom. The summed E-state index contributed by atoms with van der Waals surface area (Å²) in [6.45, 7) is -4.77. The van der Waals surface area contributed by atoms with Gasteiger partial charge in [0.15, 0.2) is 80.7 Å². The van der Waals surface area contributed by atoms with Crippen molar-refractivity contribution in [2.24, 2.45) is 0 Å². The molecule has 7 heterocycles. The summed E-state index contributed by atoms with van der Waals surface area (Å²) in [6, 6.07) is -8.47. The molecule has 0 amide bonds. The van der Waals surface area contributed by atoms with E-state index in [2.05, 4.69) is 20.9 Å². The van der Waals surface area contributed by atoms with E-state index in [1.54, 1.807) is 0 Å². The molecular formula is C36H44N3O53S8-11. The van der Waals surface area contributed by atoms with Crippen LogP contribution in [0.5, 0.6) is 0 Å². The van der Waals surface area contributed by atoms with Crippen molar-refractivity contribution in [2.75, 3.05) is 19.8 Å². The van der Waals surface area contributed by atoms with Crippen molar-refractivity contribution < 1.29 is 242 Å². The van der Waals surface area contributed by atoms with E-state index in [1.165, 1.54) is 4.72 Å². The Morgan fingerprint density at radius 2 is 0.770 bits per heavy atom. The average molecular weight is 1620 g/mol. The van der Waals surface area contributed by atoms with Crippen LogP contribution in [0.25, 0.3) is 0 Å². The maximum atomic E-state index is 13.0. The third-order valence-corrected chi connectivity index (χ3v) is 18.0. The van der Waals surface area contributed by atoms with Crippen LogP contribution in [0.3, 0.4) is 0 Å². The lowest BCUT2D eigenvalue weighted by Gasteiger charge is -2.51. The topological polar surface area (TPSA) is 892 Å². The minimum absolute atomic E-state index is 0.0915. The van der Waals surface area contributed by atoms with Crippen molar-refractivity contribution in [2.45, 2.75) is 172 Å². The lowest BCUT2D eigenvalue weighted by Crippen LogP contribution is -2.72. The number of carbonyl (C=O) groups excluding carboxylic acids is 3. The van der Waals surface area contributed by atoms with Crippen LogP contribution in [0, 0.1) is 0 Å². The van der Waals surface area contributed by atoms with Gasteiger partial charge in [0.1, 0.15) is 128 Å². The molecule has 0 aliphatic carbocycles. The number of rotatable bonds is 31. The molecule has 6 saturated heterocycles. The number of carboxylic acid groups (broad SMARTS) is 3. The van der Waals surface area contributed by atoms with Gasteiger partial charge in [-0.2, -0.15) is 0 Å². The first-order valence-corrected chi connectivity index (χ1v) is 36.9. The van der Waals surface area contributed by atoms with E-state index in [1.807, 2.05) is 0 Å². The molecule has 56 nitrogen and oxygen atoms in total. The lowest BCUT2D eigenvalue weighted by molar-refractivity contribution is -0.388. The number of hydrogen-bond acceptors (Lipinski definition) is 53. The summed E-state index contributed by atoms with van der Waals surface area (Å²) in [5, 5.41) is 106. The Balaban J connectivity index is 1.24. The zero-order chi connectivity index (χ0) is 75.4. The molecule has 64 heteroatoms. The van der Waals surface area contributed by atoms with Gasteiger partial charge in [-0.3, -0.25) is 20.9 Å². The van der Waals surface area contributed by atoms with E-state index >= 15 is 0 Å². The first kappa shape index (κ1) is 83.5. The van der Waals surface area contributed by atoms with Crippen LogP contribution in [-0.4, -0.2) is 344 Å². The highest BCUT2D eigenvalue weighted by Crippen LogP contribution is 2.40. The fraction of sp³-hybridized carbons (Fsp3) is 0.861. The molecule has 2 bridgehead atoms. The van der Waals surface area contributed by atoms with Gasteiger partial charge in [-0.25, -0.2) is 81.5 Å². The van der Waals surface area contributed by atoms with Crippen LogP contribution >= 0.6 is 0 Å². The number of hydrogen-bond donors (Lipinski definition) is 9. The number of aliphatic hydroxyl groups is 6. The maximum absolute atomic E-state index is 13.0. The number of carbonyl (C=O) groups is 3. The van der Waals surface area contributed by atoms with Gasteiger partial charge >= 0.3 is 0 Å². The van der Waals surface area contributed by atoms with Gasteiger partial charge < -0.3 is 154 Å². The van der Waals surface area contributed by atoms with Gasteiger partial charge in [0.05, 0.1) is 31.8 Å². The Kier molecular flexibility index (Phi) is 26.2. The maximum Gasteiger partial charge on any atom is 0.231 e. The lowest BCUT2D eigenvalue weighted by atomic mass is 9.94. The minimum Gasteiger partial charge on any atom is -0.735 e. The molecule has 28 unspecified atom stereocenters. The van der Waals surface area contributed by atoms with E-state index in [0.29, 0.717) is 0 Å². The number of carboxylic acids is 3. The SMILES string of the molecule is O=C([O-])C1=CC(O)C(OS(=O)(=O)[O-])C(OC2C(COS(=O)(=O)[O-])OC(OC3C(C(=O)[O-])OC(OC4C(COS(=O)(=O)[O-])OC(OC5C(C(=O)[O-])OC(OC6C7COC(O7)C(NS(=O)(=O)[O-])C6O)C(OS(=O)(=O)[O-])C5O)C(NS(=O)(=O)[O-])C4O)C(OS(=O)(=O)[O-])C3O)C(NS(=O)(=O)[O-])C2O)O1. The molecule has 6 fully saturated rings. The van der Waals surface area contributed by atoms with E-state index in [9.17, 15) is 164 Å². The second kappa shape index (κ2) is 31.4. The molecule has 0 aromatic rings. The first-order chi connectivity index (χ1) is 45.5. The van der Waals surface area contributed by atoms with Gasteiger partial charge in [0, 0.05) is 0 Å². The summed E-state index contributed by atoms with van der Waals surface area (Å²) in [6.07, 6.45) is -74.2. The highest BCUT2D eigenvalue weighted by atomic mass is 32.3. The summed E-state index contributed by atoms with van der Waals surface area (Å²) in [5.41, 5.74) is 0. The molecule has 7 aliphatic heterocycles. The molecule has 28 atom stereocenters. The molecule has 9 N–H and O–H groups in total. The first-order valence-electron chi connectivity index (χ1n) is 26.1. The smallest absolute Gasteiger partial charge is 0.231 e. The van der Waals surface area contributed by atoms with Crippen LogP contribution in [-0.2, 0) is 175 Å². The van der Waals surface area contributed by atoms with Crippen molar-refractivity contribution in [3.05, 3.63) is 11.8 Å². The fourth-order valence-electron chi connectivity index (χ4n) is 10.3. The van der Waals surface area contributed by atoms with Gasteiger partial charge in [-0.1, -0.05) is 0 Å². The molecule has 0 radical (unpaired) electrons. The van der Waals surface area contributed by atoms with Crippen molar-refractivity contribution in [3.8, 4) is 0 Å². The van der Waals surface area contributed by atoms with Crippen LogP contribution in [0.4, 0.5) is 0 Å². The predicted octanol–water partition coefficient (Wildman–Crippen LogP) is -21.0. The van der Waals surface area contributed by atoms with Crippen molar-refractivity contribution in [3.63, 3.8) is 0 Å². The molecule has 100 heavy (non-hydrogen) atoms. The van der Waals surface area contributed by atoms with E-state index in [4.69, 9.17) is 56.8 Å². The molecule has 0 spiro atoms. The monoisotopic (exact) mass is 1620 g/mol. The Morgan fingerprint density at radius 1 is 0.420 bits per heavy atom. The number of aliphatic hydroxyl groups excluding tert-OH is 6. The summed E-state index contributed by atoms with van der Waals surface area (Å²) >= 11 is 0. The third-order valence-electron chi connectivity index (χ3n) is 14.1. The quantitative estimate of drug-likeness (QED) is 0.0230. The number of fused-ring (bicyclic) bond motifs is 2. The predicted molar refractivity (Wildman–Crippen MR) is 263 cm³/mol. The average Bonchev–Trinajstić information content (AvgIpc) is 1.06. The third kappa shape index (κ3) is 22.4. The zero-order valence-electron chi connectivity index (χ0n) is 47.5. The Hall–Kier alpha value is -3.77. The highest BCUT2D eigenvalue weighted by molar-refractivity contribution is 7.84. The van der Waals surface area contributed by atoms with Gasteiger partial charge in [-0.15, -0.1) is 0 Å².